The zero-order chi connectivity index (χ0) is 25.7. The van der Waals surface area contributed by atoms with Crippen molar-refractivity contribution in [3.63, 3.8) is 0 Å². The Morgan fingerprint density at radius 1 is 1.00 bits per heavy atom. The molecular weight excluding hydrogens is 458 g/mol. The van der Waals surface area contributed by atoms with E-state index in [1.165, 1.54) is 5.69 Å². The molecule has 3 amide bonds. The third-order valence-electron chi connectivity index (χ3n) is 7.48. The highest BCUT2D eigenvalue weighted by Gasteiger charge is 2.29. The first-order chi connectivity index (χ1) is 17.2. The number of hydrogen-bond acceptors (Lipinski definition) is 6. The van der Waals surface area contributed by atoms with Gasteiger partial charge in [-0.1, -0.05) is 12.1 Å². The summed E-state index contributed by atoms with van der Waals surface area (Å²) < 4.78 is 11.7. The number of nitrogens with zero attached hydrogens (tertiary/aromatic N) is 1. The lowest BCUT2D eigenvalue weighted by Gasteiger charge is -2.35. The molecule has 8 nitrogen and oxygen atoms in total. The predicted octanol–water partition coefficient (Wildman–Crippen LogP) is 4.28. The van der Waals surface area contributed by atoms with Crippen molar-refractivity contribution in [1.29, 1.82) is 0 Å². The molecule has 1 atom stereocenters. The molecule has 0 spiro atoms. The Hall–Kier alpha value is -2.61. The summed E-state index contributed by atoms with van der Waals surface area (Å²) in [6.45, 7) is 8.34. The highest BCUT2D eigenvalue weighted by Crippen LogP contribution is 2.29. The van der Waals surface area contributed by atoms with Crippen LogP contribution in [0.4, 0.5) is 10.5 Å². The van der Waals surface area contributed by atoms with E-state index in [2.05, 4.69) is 27.7 Å². The van der Waals surface area contributed by atoms with Gasteiger partial charge in [-0.2, -0.15) is 0 Å². The van der Waals surface area contributed by atoms with Crippen LogP contribution < -0.4 is 15.5 Å². The van der Waals surface area contributed by atoms with Gasteiger partial charge in [0, 0.05) is 37.8 Å². The van der Waals surface area contributed by atoms with Crippen molar-refractivity contribution in [2.24, 2.45) is 5.92 Å². The molecule has 3 aliphatic rings. The van der Waals surface area contributed by atoms with E-state index < -0.39 is 5.60 Å². The predicted molar refractivity (Wildman–Crippen MR) is 138 cm³/mol. The number of rotatable bonds is 6. The summed E-state index contributed by atoms with van der Waals surface area (Å²) in [5.41, 5.74) is 1.67. The van der Waals surface area contributed by atoms with Gasteiger partial charge in [0.1, 0.15) is 5.60 Å². The molecule has 0 aromatic heterocycles. The van der Waals surface area contributed by atoms with Crippen molar-refractivity contribution in [3.8, 4) is 0 Å². The fourth-order valence-corrected chi connectivity index (χ4v) is 5.43. The lowest BCUT2D eigenvalue weighted by molar-refractivity contribution is -0.134. The van der Waals surface area contributed by atoms with Crippen LogP contribution in [0.1, 0.15) is 83.6 Å². The van der Waals surface area contributed by atoms with E-state index in [-0.39, 0.29) is 29.9 Å². The minimum atomic E-state index is -0.468. The van der Waals surface area contributed by atoms with Crippen molar-refractivity contribution >= 4 is 23.6 Å². The molecule has 198 valence electrons. The first-order valence-electron chi connectivity index (χ1n) is 13.5. The number of carbonyl (C=O) groups is 3. The van der Waals surface area contributed by atoms with Crippen molar-refractivity contribution in [2.45, 2.75) is 95.8 Å². The molecule has 36 heavy (non-hydrogen) atoms. The Labute approximate surface area is 214 Å². The van der Waals surface area contributed by atoms with Crippen LogP contribution in [-0.4, -0.2) is 55.4 Å². The lowest BCUT2D eigenvalue weighted by Crippen LogP contribution is -2.41. The van der Waals surface area contributed by atoms with Crippen LogP contribution in [-0.2, 0) is 19.1 Å². The fourth-order valence-electron chi connectivity index (χ4n) is 5.43. The Kier molecular flexibility index (Phi) is 8.54. The summed E-state index contributed by atoms with van der Waals surface area (Å²) in [5, 5.41) is 5.45. The standard InChI is InChI=1S/C28H41N3O5/c1-28(2,3)36-27(34)29-21-8-4-19(5-9-21)18-35-23-14-16-31(17-15-23)22-10-6-20(7-11-22)24-12-13-25(32)30-26(24)33/h6-7,10-11,19,21,23-24H,4-5,8-9,12-18H2,1-3H3,(H,29,34)(H,30,32,33). The van der Waals surface area contributed by atoms with Gasteiger partial charge in [0.05, 0.1) is 12.0 Å². The molecule has 8 heteroatoms. The van der Waals surface area contributed by atoms with Crippen LogP contribution in [0.3, 0.4) is 0 Å². The number of benzene rings is 1. The SMILES string of the molecule is CC(C)(C)OC(=O)NC1CCC(COC2CCN(c3ccc(C4CCC(=O)NC4=O)cc3)CC2)CC1. The zero-order valence-corrected chi connectivity index (χ0v) is 21.9. The molecule has 2 N–H and O–H groups in total. The van der Waals surface area contributed by atoms with Gasteiger partial charge in [0.2, 0.25) is 11.8 Å². The molecule has 2 heterocycles. The summed E-state index contributed by atoms with van der Waals surface area (Å²) in [5.74, 6) is -0.0517. The highest BCUT2D eigenvalue weighted by molar-refractivity contribution is 6.00. The molecule has 4 rings (SSSR count). The first-order valence-corrected chi connectivity index (χ1v) is 13.5. The molecule has 1 aliphatic carbocycles. The van der Waals surface area contributed by atoms with Crippen LogP contribution in [0.15, 0.2) is 24.3 Å². The van der Waals surface area contributed by atoms with Gasteiger partial charge in [-0.25, -0.2) is 4.79 Å². The molecule has 1 saturated carbocycles. The monoisotopic (exact) mass is 499 g/mol. The van der Waals surface area contributed by atoms with Gasteiger partial charge in [0.25, 0.3) is 0 Å². The van der Waals surface area contributed by atoms with Crippen molar-refractivity contribution in [2.75, 3.05) is 24.6 Å². The molecule has 1 unspecified atom stereocenters. The van der Waals surface area contributed by atoms with Gasteiger partial charge in [0.15, 0.2) is 0 Å². The van der Waals surface area contributed by atoms with E-state index in [4.69, 9.17) is 9.47 Å². The average Bonchev–Trinajstić information content (AvgIpc) is 2.83. The highest BCUT2D eigenvalue weighted by atomic mass is 16.6. The van der Waals surface area contributed by atoms with Gasteiger partial charge in [-0.05, 0) is 89.3 Å². The Morgan fingerprint density at radius 2 is 1.67 bits per heavy atom. The maximum absolute atomic E-state index is 12.1. The number of anilines is 1. The van der Waals surface area contributed by atoms with E-state index >= 15 is 0 Å². The number of imide groups is 1. The third kappa shape index (κ3) is 7.45. The van der Waals surface area contributed by atoms with E-state index in [0.29, 0.717) is 24.9 Å². The number of carbonyl (C=O) groups excluding carboxylic acids is 3. The minimum absolute atomic E-state index is 0.180. The maximum atomic E-state index is 12.1. The van der Waals surface area contributed by atoms with Crippen LogP contribution >= 0.6 is 0 Å². The van der Waals surface area contributed by atoms with Crippen LogP contribution in [0.25, 0.3) is 0 Å². The van der Waals surface area contributed by atoms with Gasteiger partial charge in [-0.3, -0.25) is 14.9 Å². The second kappa shape index (κ2) is 11.6. The maximum Gasteiger partial charge on any atom is 0.407 e. The Morgan fingerprint density at radius 3 is 2.28 bits per heavy atom. The summed E-state index contributed by atoms with van der Waals surface area (Å²) >= 11 is 0. The lowest BCUT2D eigenvalue weighted by atomic mass is 9.86. The largest absolute Gasteiger partial charge is 0.444 e. The van der Waals surface area contributed by atoms with Gasteiger partial charge < -0.3 is 19.7 Å². The molecule has 2 saturated heterocycles. The van der Waals surface area contributed by atoms with E-state index in [1.54, 1.807) is 0 Å². The van der Waals surface area contributed by atoms with E-state index in [9.17, 15) is 14.4 Å². The summed E-state index contributed by atoms with van der Waals surface area (Å²) in [7, 11) is 0. The second-order valence-electron chi connectivity index (χ2n) is 11.5. The topological polar surface area (TPSA) is 97.0 Å². The van der Waals surface area contributed by atoms with E-state index in [0.717, 1.165) is 63.8 Å². The fraction of sp³-hybridized carbons (Fsp3) is 0.679. The van der Waals surface area contributed by atoms with Crippen LogP contribution in [0.2, 0.25) is 0 Å². The molecule has 0 radical (unpaired) electrons. The van der Waals surface area contributed by atoms with Crippen LogP contribution in [0.5, 0.6) is 0 Å². The number of amides is 3. The number of ether oxygens (including phenoxy) is 2. The number of nitrogens with one attached hydrogen (secondary N) is 2. The van der Waals surface area contributed by atoms with Crippen LogP contribution in [0, 0.1) is 5.92 Å². The van der Waals surface area contributed by atoms with Crippen molar-refractivity contribution in [1.82, 2.24) is 10.6 Å². The smallest absolute Gasteiger partial charge is 0.407 e. The molecular formula is C28H41N3O5. The summed E-state index contributed by atoms with van der Waals surface area (Å²) in [6, 6.07) is 8.41. The number of piperidine rings is 2. The molecule has 0 bridgehead atoms. The molecule has 3 fully saturated rings. The first kappa shape index (κ1) is 26.5. The normalized spacial score (nSPS) is 25.9. The molecule has 2 aliphatic heterocycles. The number of alkyl carbamates (subject to hydrolysis) is 1. The second-order valence-corrected chi connectivity index (χ2v) is 11.5. The van der Waals surface area contributed by atoms with Crippen molar-refractivity contribution < 1.29 is 23.9 Å². The summed E-state index contributed by atoms with van der Waals surface area (Å²) in [4.78, 5) is 37.9. The Balaban J connectivity index is 1.14. The quantitative estimate of drug-likeness (QED) is 0.567. The number of hydrogen-bond donors (Lipinski definition) is 2. The Bertz CT molecular complexity index is 910. The summed E-state index contributed by atoms with van der Waals surface area (Å²) in [6.07, 6.45) is 7.04. The van der Waals surface area contributed by atoms with E-state index in [1.807, 2.05) is 32.9 Å². The van der Waals surface area contributed by atoms with Gasteiger partial charge in [-0.15, -0.1) is 0 Å². The minimum Gasteiger partial charge on any atom is -0.444 e. The average molecular weight is 500 g/mol. The zero-order valence-electron chi connectivity index (χ0n) is 21.9. The molecule has 1 aromatic rings. The van der Waals surface area contributed by atoms with Crippen molar-refractivity contribution in [3.05, 3.63) is 29.8 Å². The third-order valence-corrected chi connectivity index (χ3v) is 7.48. The van der Waals surface area contributed by atoms with Gasteiger partial charge >= 0.3 is 6.09 Å². The molecule has 1 aromatic carbocycles.